The molecule has 1 fully saturated rings. The van der Waals surface area contributed by atoms with Gasteiger partial charge in [-0.1, -0.05) is 11.6 Å². The second kappa shape index (κ2) is 6.10. The van der Waals surface area contributed by atoms with E-state index in [-0.39, 0.29) is 16.6 Å². The SMILES string of the molecule is CC1CCCCN1C(=O)c1cc(S(=O)(=O)Cl)c(F)cc1Cl. The molecule has 0 spiro atoms. The van der Waals surface area contributed by atoms with E-state index in [4.69, 9.17) is 22.3 Å². The minimum Gasteiger partial charge on any atom is -0.336 e. The maximum Gasteiger partial charge on any atom is 0.264 e. The molecule has 0 aliphatic carbocycles. The number of hydrogen-bond acceptors (Lipinski definition) is 3. The molecule has 0 aromatic heterocycles. The van der Waals surface area contributed by atoms with Crippen LogP contribution in [0.5, 0.6) is 0 Å². The molecule has 1 amide bonds. The number of benzene rings is 1. The van der Waals surface area contributed by atoms with Crippen LogP contribution in [-0.2, 0) is 9.05 Å². The highest BCUT2D eigenvalue weighted by molar-refractivity contribution is 8.13. The van der Waals surface area contributed by atoms with Crippen LogP contribution in [0, 0.1) is 5.82 Å². The topological polar surface area (TPSA) is 54.5 Å². The smallest absolute Gasteiger partial charge is 0.264 e. The van der Waals surface area contributed by atoms with Crippen LogP contribution in [0.3, 0.4) is 0 Å². The monoisotopic (exact) mass is 353 g/mol. The van der Waals surface area contributed by atoms with E-state index in [1.54, 1.807) is 4.90 Å². The summed E-state index contributed by atoms with van der Waals surface area (Å²) < 4.78 is 36.3. The Morgan fingerprint density at radius 3 is 2.62 bits per heavy atom. The molecule has 0 radical (unpaired) electrons. The van der Waals surface area contributed by atoms with Gasteiger partial charge in [0.1, 0.15) is 10.7 Å². The molecule has 1 saturated heterocycles. The summed E-state index contributed by atoms with van der Waals surface area (Å²) in [5.41, 5.74) is -0.0500. The summed E-state index contributed by atoms with van der Waals surface area (Å²) in [4.78, 5) is 13.4. The highest BCUT2D eigenvalue weighted by Crippen LogP contribution is 2.29. The Morgan fingerprint density at radius 1 is 1.38 bits per heavy atom. The van der Waals surface area contributed by atoms with Crippen molar-refractivity contribution in [2.24, 2.45) is 0 Å². The lowest BCUT2D eigenvalue weighted by Gasteiger charge is -2.33. The Hall–Kier alpha value is -0.850. The number of piperidine rings is 1. The quantitative estimate of drug-likeness (QED) is 0.765. The molecular weight excluding hydrogens is 340 g/mol. The average molecular weight is 354 g/mol. The summed E-state index contributed by atoms with van der Waals surface area (Å²) in [6.45, 7) is 2.48. The van der Waals surface area contributed by atoms with E-state index in [2.05, 4.69) is 0 Å². The summed E-state index contributed by atoms with van der Waals surface area (Å²) in [7, 11) is 0.889. The first kappa shape index (κ1) is 16.5. The first-order valence-electron chi connectivity index (χ1n) is 6.46. The fourth-order valence-corrected chi connectivity index (χ4v) is 3.57. The number of nitrogens with zero attached hydrogens (tertiary/aromatic N) is 1. The van der Waals surface area contributed by atoms with Crippen LogP contribution in [0.15, 0.2) is 17.0 Å². The zero-order valence-electron chi connectivity index (χ0n) is 11.3. The molecule has 4 nitrogen and oxygen atoms in total. The lowest BCUT2D eigenvalue weighted by molar-refractivity contribution is 0.0635. The zero-order chi connectivity index (χ0) is 15.8. The van der Waals surface area contributed by atoms with Gasteiger partial charge in [0.2, 0.25) is 0 Å². The maximum absolute atomic E-state index is 13.6. The Kier molecular flexibility index (Phi) is 4.80. The molecule has 1 heterocycles. The lowest BCUT2D eigenvalue weighted by atomic mass is 10.0. The van der Waals surface area contributed by atoms with E-state index in [1.807, 2.05) is 6.92 Å². The minimum atomic E-state index is -4.28. The van der Waals surface area contributed by atoms with Crippen molar-refractivity contribution in [2.75, 3.05) is 6.54 Å². The van der Waals surface area contributed by atoms with Gasteiger partial charge in [0.25, 0.3) is 15.0 Å². The van der Waals surface area contributed by atoms with Crippen LogP contribution in [0.4, 0.5) is 4.39 Å². The van der Waals surface area contributed by atoms with Gasteiger partial charge >= 0.3 is 0 Å². The third kappa shape index (κ3) is 3.49. The van der Waals surface area contributed by atoms with E-state index in [0.29, 0.717) is 6.54 Å². The number of carbonyl (C=O) groups excluding carboxylic acids is 1. The van der Waals surface area contributed by atoms with Crippen molar-refractivity contribution in [3.05, 3.63) is 28.5 Å². The molecule has 2 rings (SSSR count). The molecule has 1 unspecified atom stereocenters. The van der Waals surface area contributed by atoms with E-state index in [9.17, 15) is 17.6 Å². The number of hydrogen-bond donors (Lipinski definition) is 0. The van der Waals surface area contributed by atoms with Crippen LogP contribution in [-0.4, -0.2) is 31.8 Å². The standard InChI is InChI=1S/C13H14Cl2FNO3S/c1-8-4-2-3-5-17(8)13(18)9-6-12(21(15,19)20)11(16)7-10(9)14/h6-8H,2-5H2,1H3. The predicted molar refractivity (Wildman–Crippen MR) is 78.8 cm³/mol. The summed E-state index contributed by atoms with van der Waals surface area (Å²) in [6.07, 6.45) is 2.77. The van der Waals surface area contributed by atoms with Gasteiger partial charge in [-0.15, -0.1) is 0 Å². The number of carbonyl (C=O) groups is 1. The Balaban J connectivity index is 2.46. The van der Waals surface area contributed by atoms with E-state index < -0.39 is 25.7 Å². The second-order valence-corrected chi connectivity index (χ2v) is 7.99. The molecule has 1 aromatic carbocycles. The van der Waals surface area contributed by atoms with Crippen molar-refractivity contribution in [1.82, 2.24) is 4.90 Å². The molecule has 116 valence electrons. The molecule has 21 heavy (non-hydrogen) atoms. The van der Waals surface area contributed by atoms with Crippen molar-refractivity contribution in [2.45, 2.75) is 37.1 Å². The summed E-state index contributed by atoms with van der Waals surface area (Å²) >= 11 is 5.89. The number of likely N-dealkylation sites (tertiary alicyclic amines) is 1. The molecule has 1 aromatic rings. The van der Waals surface area contributed by atoms with Crippen LogP contribution < -0.4 is 0 Å². The molecule has 1 aliphatic rings. The Bertz CT molecular complexity index is 678. The van der Waals surface area contributed by atoms with Crippen molar-refractivity contribution in [3.8, 4) is 0 Å². The molecule has 0 bridgehead atoms. The summed E-state index contributed by atoms with van der Waals surface area (Å²) in [5, 5.41) is -0.126. The van der Waals surface area contributed by atoms with Crippen LogP contribution in [0.2, 0.25) is 5.02 Å². The molecule has 8 heteroatoms. The highest BCUT2D eigenvalue weighted by atomic mass is 35.7. The van der Waals surface area contributed by atoms with E-state index >= 15 is 0 Å². The van der Waals surface area contributed by atoms with Gasteiger partial charge in [-0.2, -0.15) is 0 Å². The third-order valence-electron chi connectivity index (χ3n) is 3.58. The predicted octanol–water partition coefficient (Wildman–Crippen LogP) is 3.42. The summed E-state index contributed by atoms with van der Waals surface area (Å²) in [6, 6.07) is 1.74. The average Bonchev–Trinajstić information content (AvgIpc) is 2.37. The van der Waals surface area contributed by atoms with Gasteiger partial charge in [-0.05, 0) is 38.3 Å². The maximum atomic E-state index is 13.6. The highest BCUT2D eigenvalue weighted by Gasteiger charge is 2.28. The van der Waals surface area contributed by atoms with Gasteiger partial charge in [0, 0.05) is 23.3 Å². The van der Waals surface area contributed by atoms with Gasteiger partial charge in [0.15, 0.2) is 0 Å². The number of halogens is 3. The fourth-order valence-electron chi connectivity index (χ4n) is 2.43. The molecule has 0 N–H and O–H groups in total. The Labute approximate surface area is 132 Å². The number of rotatable bonds is 2. The van der Waals surface area contributed by atoms with Gasteiger partial charge in [-0.25, -0.2) is 12.8 Å². The molecular formula is C13H14Cl2FNO3S. The van der Waals surface area contributed by atoms with Gasteiger partial charge in [0.05, 0.1) is 10.6 Å². The molecule has 1 atom stereocenters. The normalized spacial score (nSPS) is 19.6. The third-order valence-corrected chi connectivity index (χ3v) is 5.23. The first-order valence-corrected chi connectivity index (χ1v) is 9.15. The van der Waals surface area contributed by atoms with Crippen molar-refractivity contribution >= 4 is 37.2 Å². The fraction of sp³-hybridized carbons (Fsp3) is 0.462. The first-order chi connectivity index (χ1) is 9.71. The second-order valence-electron chi connectivity index (χ2n) is 5.04. The largest absolute Gasteiger partial charge is 0.336 e. The van der Waals surface area contributed by atoms with E-state index in [0.717, 1.165) is 31.4 Å². The van der Waals surface area contributed by atoms with Gasteiger partial charge < -0.3 is 4.90 Å². The van der Waals surface area contributed by atoms with Crippen LogP contribution in [0.1, 0.15) is 36.5 Å². The lowest BCUT2D eigenvalue weighted by Crippen LogP contribution is -2.42. The van der Waals surface area contributed by atoms with Crippen molar-refractivity contribution < 1.29 is 17.6 Å². The molecule has 1 aliphatic heterocycles. The Morgan fingerprint density at radius 2 is 2.05 bits per heavy atom. The summed E-state index contributed by atoms with van der Waals surface area (Å²) in [5.74, 6) is -1.48. The van der Waals surface area contributed by atoms with Crippen LogP contribution in [0.25, 0.3) is 0 Å². The van der Waals surface area contributed by atoms with Crippen LogP contribution >= 0.6 is 22.3 Å². The van der Waals surface area contributed by atoms with Gasteiger partial charge in [-0.3, -0.25) is 4.79 Å². The van der Waals surface area contributed by atoms with Crippen molar-refractivity contribution in [1.29, 1.82) is 0 Å². The molecule has 0 saturated carbocycles. The number of amides is 1. The van der Waals surface area contributed by atoms with Crippen molar-refractivity contribution in [3.63, 3.8) is 0 Å². The zero-order valence-corrected chi connectivity index (χ0v) is 13.6. The van der Waals surface area contributed by atoms with E-state index in [1.165, 1.54) is 0 Å². The minimum absolute atomic E-state index is 0.0310.